The molecule has 1 amide bonds. The van der Waals surface area contributed by atoms with Crippen LogP contribution in [0, 0.1) is 6.92 Å². The van der Waals surface area contributed by atoms with E-state index in [0.29, 0.717) is 22.7 Å². The maximum Gasteiger partial charge on any atom is 0.262 e. The van der Waals surface area contributed by atoms with Crippen LogP contribution >= 0.6 is 0 Å². The summed E-state index contributed by atoms with van der Waals surface area (Å²) in [6.07, 6.45) is 1.64. The predicted molar refractivity (Wildman–Crippen MR) is 110 cm³/mol. The number of pyridine rings is 1. The van der Waals surface area contributed by atoms with Crippen LogP contribution in [-0.4, -0.2) is 26.4 Å². The molecule has 0 radical (unpaired) electrons. The Bertz CT molecular complexity index is 1120. The summed E-state index contributed by atoms with van der Waals surface area (Å²) in [5.41, 5.74) is 1.79. The number of nitrogens with one attached hydrogen (secondary N) is 2. The largest absolute Gasteiger partial charge is 0.495 e. The van der Waals surface area contributed by atoms with Crippen molar-refractivity contribution in [2.75, 3.05) is 11.8 Å². The molecule has 0 unspecified atom stereocenters. The number of ether oxygens (including phenoxy) is 1. The van der Waals surface area contributed by atoms with Gasteiger partial charge in [-0.1, -0.05) is 24.3 Å². The number of methoxy groups -OCH3 is 1. The van der Waals surface area contributed by atoms with Crippen molar-refractivity contribution < 1.29 is 17.9 Å². The van der Waals surface area contributed by atoms with Crippen LogP contribution in [0.5, 0.6) is 5.75 Å². The highest BCUT2D eigenvalue weighted by molar-refractivity contribution is 7.92. The van der Waals surface area contributed by atoms with Crippen molar-refractivity contribution in [2.45, 2.75) is 18.4 Å². The third-order valence-corrected chi connectivity index (χ3v) is 5.75. The standard InChI is InChI=1S/C21H21N3O4S/c1-15-10-11-16(21(25)23-14-17-7-5-6-12-22-17)13-20(15)29(26,27)24-18-8-3-4-9-19(18)28-2/h3-13,24H,14H2,1-2H3,(H,23,25). The van der Waals surface area contributed by atoms with Gasteiger partial charge in [0.1, 0.15) is 5.75 Å². The molecule has 1 aromatic heterocycles. The summed E-state index contributed by atoms with van der Waals surface area (Å²) < 4.78 is 33.6. The van der Waals surface area contributed by atoms with E-state index in [1.807, 2.05) is 6.07 Å². The SMILES string of the molecule is COc1ccccc1NS(=O)(=O)c1cc(C(=O)NCc2ccccn2)ccc1C. The van der Waals surface area contributed by atoms with Gasteiger partial charge in [0.05, 0.1) is 29.9 Å². The average molecular weight is 411 g/mol. The number of rotatable bonds is 7. The monoisotopic (exact) mass is 411 g/mol. The number of nitrogens with zero attached hydrogens (tertiary/aromatic N) is 1. The quantitative estimate of drug-likeness (QED) is 0.623. The molecule has 3 aromatic rings. The Morgan fingerprint density at radius 2 is 1.83 bits per heavy atom. The molecule has 0 atom stereocenters. The van der Waals surface area contributed by atoms with Crippen LogP contribution in [0.15, 0.2) is 71.8 Å². The lowest BCUT2D eigenvalue weighted by Gasteiger charge is -2.14. The first-order valence-corrected chi connectivity index (χ1v) is 10.3. The smallest absolute Gasteiger partial charge is 0.262 e. The zero-order valence-corrected chi connectivity index (χ0v) is 16.9. The Morgan fingerprint density at radius 1 is 1.07 bits per heavy atom. The molecular weight excluding hydrogens is 390 g/mol. The molecule has 29 heavy (non-hydrogen) atoms. The fourth-order valence-corrected chi connectivity index (χ4v) is 4.08. The first-order chi connectivity index (χ1) is 13.9. The first-order valence-electron chi connectivity index (χ1n) is 8.85. The molecule has 8 heteroatoms. The van der Waals surface area contributed by atoms with Gasteiger partial charge in [0.15, 0.2) is 0 Å². The Morgan fingerprint density at radius 3 is 2.55 bits per heavy atom. The highest BCUT2D eigenvalue weighted by Gasteiger charge is 2.20. The molecule has 2 aromatic carbocycles. The van der Waals surface area contributed by atoms with Crippen molar-refractivity contribution in [1.82, 2.24) is 10.3 Å². The summed E-state index contributed by atoms with van der Waals surface area (Å²) in [7, 11) is -2.46. The van der Waals surface area contributed by atoms with Gasteiger partial charge in [-0.05, 0) is 48.9 Å². The lowest BCUT2D eigenvalue weighted by Crippen LogP contribution is -2.24. The molecular formula is C21H21N3O4S. The molecule has 0 saturated heterocycles. The predicted octanol–water partition coefficient (Wildman–Crippen LogP) is 3.13. The molecule has 150 valence electrons. The van der Waals surface area contributed by atoms with E-state index in [1.165, 1.54) is 13.2 Å². The van der Waals surface area contributed by atoms with E-state index in [4.69, 9.17) is 4.74 Å². The molecule has 0 aliphatic carbocycles. The van der Waals surface area contributed by atoms with Gasteiger partial charge in [0.25, 0.3) is 15.9 Å². The Labute approximate surface area is 169 Å². The number of benzene rings is 2. The van der Waals surface area contributed by atoms with Gasteiger partial charge in [-0.2, -0.15) is 0 Å². The summed E-state index contributed by atoms with van der Waals surface area (Å²) in [4.78, 5) is 16.7. The second-order valence-corrected chi connectivity index (χ2v) is 7.94. The summed E-state index contributed by atoms with van der Waals surface area (Å²) in [6, 6.07) is 16.7. The van der Waals surface area contributed by atoms with E-state index >= 15 is 0 Å². The molecule has 0 aliphatic heterocycles. The number of anilines is 1. The van der Waals surface area contributed by atoms with E-state index in [9.17, 15) is 13.2 Å². The van der Waals surface area contributed by atoms with Crippen LogP contribution in [0.2, 0.25) is 0 Å². The average Bonchev–Trinajstić information content (AvgIpc) is 2.73. The minimum atomic E-state index is -3.92. The number of carbonyl (C=O) groups is 1. The van der Waals surface area contributed by atoms with Gasteiger partial charge in [-0.15, -0.1) is 0 Å². The Balaban J connectivity index is 1.83. The van der Waals surface area contributed by atoms with Gasteiger partial charge in [0.2, 0.25) is 0 Å². The third-order valence-electron chi connectivity index (χ3n) is 4.25. The number of hydrogen-bond acceptors (Lipinski definition) is 5. The van der Waals surface area contributed by atoms with Crippen LogP contribution in [0.4, 0.5) is 5.69 Å². The fraction of sp³-hybridized carbons (Fsp3) is 0.143. The molecule has 0 spiro atoms. The van der Waals surface area contributed by atoms with Crippen LogP contribution in [0.3, 0.4) is 0 Å². The van der Waals surface area contributed by atoms with E-state index in [2.05, 4.69) is 15.0 Å². The van der Waals surface area contributed by atoms with Crippen LogP contribution in [0.1, 0.15) is 21.6 Å². The Kier molecular flexibility index (Phi) is 6.13. The summed E-state index contributed by atoms with van der Waals surface area (Å²) in [5, 5.41) is 2.74. The van der Waals surface area contributed by atoms with Crippen LogP contribution in [0.25, 0.3) is 0 Å². The van der Waals surface area contributed by atoms with Crippen molar-refractivity contribution >= 4 is 21.6 Å². The Hall–Kier alpha value is -3.39. The number of amides is 1. The molecule has 1 heterocycles. The summed E-state index contributed by atoms with van der Waals surface area (Å²) >= 11 is 0. The fourth-order valence-electron chi connectivity index (χ4n) is 2.74. The minimum Gasteiger partial charge on any atom is -0.495 e. The van der Waals surface area contributed by atoms with Crippen molar-refractivity contribution in [3.8, 4) is 5.75 Å². The molecule has 7 nitrogen and oxygen atoms in total. The van der Waals surface area contributed by atoms with E-state index in [-0.39, 0.29) is 22.9 Å². The molecule has 0 fully saturated rings. The minimum absolute atomic E-state index is 0.0221. The van der Waals surface area contributed by atoms with Crippen molar-refractivity contribution in [1.29, 1.82) is 0 Å². The lowest BCUT2D eigenvalue weighted by atomic mass is 10.1. The van der Waals surface area contributed by atoms with Crippen LogP contribution < -0.4 is 14.8 Å². The molecule has 3 rings (SSSR count). The van der Waals surface area contributed by atoms with Crippen molar-refractivity contribution in [2.24, 2.45) is 0 Å². The highest BCUT2D eigenvalue weighted by atomic mass is 32.2. The van der Waals surface area contributed by atoms with E-state index in [0.717, 1.165) is 0 Å². The summed E-state index contributed by atoms with van der Waals surface area (Å²) in [6.45, 7) is 1.92. The second kappa shape index (κ2) is 8.74. The van der Waals surface area contributed by atoms with Gasteiger partial charge in [-0.3, -0.25) is 14.5 Å². The topological polar surface area (TPSA) is 97.4 Å². The second-order valence-electron chi connectivity index (χ2n) is 6.29. The van der Waals surface area contributed by atoms with Crippen molar-refractivity contribution in [3.63, 3.8) is 0 Å². The van der Waals surface area contributed by atoms with Gasteiger partial charge in [0, 0.05) is 11.8 Å². The number of aromatic nitrogens is 1. The van der Waals surface area contributed by atoms with E-state index < -0.39 is 10.0 Å². The molecule has 0 bridgehead atoms. The third kappa shape index (κ3) is 4.91. The molecule has 0 saturated carbocycles. The number of para-hydroxylation sites is 2. The van der Waals surface area contributed by atoms with Crippen LogP contribution in [-0.2, 0) is 16.6 Å². The number of carbonyl (C=O) groups excluding carboxylic acids is 1. The van der Waals surface area contributed by atoms with Gasteiger partial charge in [-0.25, -0.2) is 8.42 Å². The number of aryl methyl sites for hydroxylation is 1. The van der Waals surface area contributed by atoms with Gasteiger partial charge >= 0.3 is 0 Å². The van der Waals surface area contributed by atoms with Crippen molar-refractivity contribution in [3.05, 3.63) is 83.7 Å². The zero-order valence-electron chi connectivity index (χ0n) is 16.0. The summed E-state index contributed by atoms with van der Waals surface area (Å²) in [5.74, 6) is 0.0161. The molecule has 0 aliphatic rings. The number of hydrogen-bond donors (Lipinski definition) is 2. The normalized spacial score (nSPS) is 11.0. The maximum atomic E-state index is 12.9. The number of sulfonamides is 1. The lowest BCUT2D eigenvalue weighted by molar-refractivity contribution is 0.0950. The zero-order chi connectivity index (χ0) is 20.9. The molecule has 2 N–H and O–H groups in total. The van der Waals surface area contributed by atoms with E-state index in [1.54, 1.807) is 61.7 Å². The maximum absolute atomic E-state index is 12.9. The highest BCUT2D eigenvalue weighted by Crippen LogP contribution is 2.27. The van der Waals surface area contributed by atoms with Gasteiger partial charge < -0.3 is 10.1 Å². The first kappa shape index (κ1) is 20.3.